The number of allylic oxidation sites excluding steroid dienone is 16. The lowest BCUT2D eigenvalue weighted by molar-refractivity contribution is -0.161. The summed E-state index contributed by atoms with van der Waals surface area (Å²) < 4.78 is 33.1. The van der Waals surface area contributed by atoms with Gasteiger partial charge in [0.15, 0.2) is 6.10 Å². The Hall–Kier alpha value is -3.07. The Morgan fingerprint density at radius 2 is 0.625 bits per heavy atom. The van der Waals surface area contributed by atoms with Gasteiger partial charge in [0, 0.05) is 19.4 Å². The number of nitrogens with two attached hydrogens (primary N) is 1. The predicted molar refractivity (Wildman–Crippen MR) is 381 cm³/mol. The molecule has 510 valence electrons. The number of hydrogen-bond acceptors (Lipinski definition) is 8. The van der Waals surface area contributed by atoms with Crippen LogP contribution in [0.3, 0.4) is 0 Å². The van der Waals surface area contributed by atoms with Crippen LogP contribution >= 0.6 is 7.82 Å². The van der Waals surface area contributed by atoms with Gasteiger partial charge in [-0.05, 0) is 77.0 Å². The average Bonchev–Trinajstić information content (AvgIpc) is 3.62. The number of carbonyl (C=O) groups excluding carboxylic acids is 2. The van der Waals surface area contributed by atoms with Crippen LogP contribution in [0, 0.1) is 0 Å². The van der Waals surface area contributed by atoms with Crippen molar-refractivity contribution in [1.29, 1.82) is 0 Å². The SMILES string of the molecule is CC/C=C\C/C=C\C/C=C\C/C=C\C/C=C\C/C=C\C/C=C\C/C=C\CCCCC(=O)OC(COC(=O)CCCCCCCCCCCCCCCCCCCCCCCCCCCCCCCCCCCCCCCCCC)COP(=O)(O)OCCN. The van der Waals surface area contributed by atoms with Crippen molar-refractivity contribution in [2.75, 3.05) is 26.4 Å². The van der Waals surface area contributed by atoms with Crippen molar-refractivity contribution >= 4 is 19.8 Å². The van der Waals surface area contributed by atoms with Crippen molar-refractivity contribution in [1.82, 2.24) is 0 Å². The first-order chi connectivity index (χ1) is 43.3. The number of carbonyl (C=O) groups is 2. The van der Waals surface area contributed by atoms with Crippen LogP contribution in [0.15, 0.2) is 97.2 Å². The highest BCUT2D eigenvalue weighted by Gasteiger charge is 2.26. The van der Waals surface area contributed by atoms with Crippen molar-refractivity contribution in [2.24, 2.45) is 5.73 Å². The third kappa shape index (κ3) is 72.0. The van der Waals surface area contributed by atoms with Gasteiger partial charge in [-0.25, -0.2) is 4.57 Å². The molecule has 9 nitrogen and oxygen atoms in total. The van der Waals surface area contributed by atoms with Gasteiger partial charge in [0.2, 0.25) is 0 Å². The van der Waals surface area contributed by atoms with Crippen molar-refractivity contribution in [3.05, 3.63) is 97.2 Å². The summed E-state index contributed by atoms with van der Waals surface area (Å²) in [5.41, 5.74) is 5.40. The van der Waals surface area contributed by atoms with Gasteiger partial charge in [0.25, 0.3) is 0 Å². The molecule has 0 aliphatic heterocycles. The minimum Gasteiger partial charge on any atom is -0.462 e. The number of rotatable bonds is 70. The molecule has 0 radical (unpaired) electrons. The maximum absolute atomic E-state index is 12.7. The fourth-order valence-electron chi connectivity index (χ4n) is 10.8. The van der Waals surface area contributed by atoms with Gasteiger partial charge < -0.3 is 20.1 Å². The smallest absolute Gasteiger partial charge is 0.462 e. The van der Waals surface area contributed by atoms with Gasteiger partial charge in [-0.3, -0.25) is 18.6 Å². The highest BCUT2D eigenvalue weighted by molar-refractivity contribution is 7.47. The standard InChI is InChI=1S/C78H140NO8P/c1-3-5-7-9-11-13-15-17-19-21-23-25-27-29-31-32-33-34-35-36-37-38-39-40-41-42-43-45-46-48-50-52-54-56-58-60-62-64-66-68-70-77(80)84-74-76(75-86-88(82,83)85-73-72-79)87-78(81)71-69-67-65-63-61-59-57-55-53-51-49-47-44-30-28-26-24-22-20-18-16-14-12-10-8-6-4-2/h6,8,12,14,18,20,24,26,30,44,49,51,55,57,61,63,76H,3-5,7,9-11,13,15-17,19,21-23,25,27-29,31-43,45-48,50,52-54,56,58-60,62,64-75,79H2,1-2H3,(H,82,83)/b8-6-,14-12-,20-18-,26-24-,44-30-,51-49-,57-55-,63-61-. The molecule has 0 spiro atoms. The number of hydrogen-bond donors (Lipinski definition) is 2. The molecule has 0 heterocycles. The van der Waals surface area contributed by atoms with Crippen LogP contribution in [0.5, 0.6) is 0 Å². The molecular formula is C78H140NO8P. The second kappa shape index (κ2) is 73.0. The van der Waals surface area contributed by atoms with Gasteiger partial charge in [-0.15, -0.1) is 0 Å². The van der Waals surface area contributed by atoms with Crippen LogP contribution in [0.1, 0.15) is 354 Å². The number of phosphoric acid groups is 1. The summed E-state index contributed by atoms with van der Waals surface area (Å²) in [4.78, 5) is 35.3. The molecule has 0 rings (SSSR count). The molecule has 0 aromatic carbocycles. The van der Waals surface area contributed by atoms with Crippen LogP contribution in [0.25, 0.3) is 0 Å². The van der Waals surface area contributed by atoms with Crippen LogP contribution in [0.2, 0.25) is 0 Å². The molecule has 0 saturated carbocycles. The molecule has 0 aliphatic rings. The zero-order valence-corrected chi connectivity index (χ0v) is 58.3. The average molecular weight is 1250 g/mol. The quantitative estimate of drug-likeness (QED) is 0.0264. The lowest BCUT2D eigenvalue weighted by Crippen LogP contribution is -2.29. The van der Waals surface area contributed by atoms with Crippen LogP contribution < -0.4 is 5.73 Å². The normalized spacial score (nSPS) is 13.5. The maximum Gasteiger partial charge on any atom is 0.472 e. The van der Waals surface area contributed by atoms with E-state index in [0.29, 0.717) is 6.42 Å². The van der Waals surface area contributed by atoms with E-state index in [0.717, 1.165) is 83.5 Å². The van der Waals surface area contributed by atoms with Crippen molar-refractivity contribution < 1.29 is 37.6 Å². The molecule has 0 saturated heterocycles. The topological polar surface area (TPSA) is 134 Å². The second-order valence-corrected chi connectivity index (χ2v) is 26.2. The van der Waals surface area contributed by atoms with E-state index in [2.05, 4.69) is 111 Å². The van der Waals surface area contributed by atoms with Crippen molar-refractivity contribution in [2.45, 2.75) is 360 Å². The number of ether oxygens (including phenoxy) is 2. The molecule has 0 aliphatic carbocycles. The Kier molecular flexibility index (Phi) is 70.4. The summed E-state index contributed by atoms with van der Waals surface area (Å²) in [5.74, 6) is -0.872. The second-order valence-electron chi connectivity index (χ2n) is 24.8. The zero-order chi connectivity index (χ0) is 63.7. The Balaban J connectivity index is 3.84. The number of unbranched alkanes of at least 4 members (excludes halogenated alkanes) is 41. The summed E-state index contributed by atoms with van der Waals surface area (Å²) in [5, 5.41) is 0. The van der Waals surface area contributed by atoms with E-state index in [1.54, 1.807) is 0 Å². The van der Waals surface area contributed by atoms with E-state index in [1.807, 2.05) is 0 Å². The maximum atomic E-state index is 12.7. The predicted octanol–water partition coefficient (Wildman–Crippen LogP) is 24.7. The molecule has 88 heavy (non-hydrogen) atoms. The fraction of sp³-hybridized carbons (Fsp3) is 0.769. The molecule has 2 atom stereocenters. The van der Waals surface area contributed by atoms with Crippen LogP contribution in [-0.4, -0.2) is 49.3 Å². The molecule has 10 heteroatoms. The largest absolute Gasteiger partial charge is 0.472 e. The van der Waals surface area contributed by atoms with E-state index in [9.17, 15) is 19.0 Å². The summed E-state index contributed by atoms with van der Waals surface area (Å²) in [6, 6.07) is 0. The highest BCUT2D eigenvalue weighted by Crippen LogP contribution is 2.43. The fourth-order valence-corrected chi connectivity index (χ4v) is 11.5. The summed E-state index contributed by atoms with van der Waals surface area (Å²) in [6.07, 6.45) is 99.8. The molecule has 0 aromatic heterocycles. The molecule has 0 amide bonds. The van der Waals surface area contributed by atoms with E-state index in [1.165, 1.54) is 238 Å². The first-order valence-electron chi connectivity index (χ1n) is 37.2. The number of phosphoric ester groups is 1. The van der Waals surface area contributed by atoms with Gasteiger partial charge in [0.1, 0.15) is 6.61 Å². The molecule has 0 fully saturated rings. The van der Waals surface area contributed by atoms with Crippen LogP contribution in [0.4, 0.5) is 0 Å². The third-order valence-electron chi connectivity index (χ3n) is 16.2. The van der Waals surface area contributed by atoms with Crippen molar-refractivity contribution in [3.63, 3.8) is 0 Å². The molecule has 0 bridgehead atoms. The van der Waals surface area contributed by atoms with E-state index < -0.39 is 26.5 Å². The third-order valence-corrected chi connectivity index (χ3v) is 17.2. The Morgan fingerprint density at radius 3 is 0.932 bits per heavy atom. The Bertz CT molecular complexity index is 1770. The molecular weight excluding hydrogens is 1110 g/mol. The summed E-state index contributed by atoms with van der Waals surface area (Å²) in [6.45, 7) is 3.62. The minimum absolute atomic E-state index is 0.0424. The van der Waals surface area contributed by atoms with E-state index >= 15 is 0 Å². The van der Waals surface area contributed by atoms with Gasteiger partial charge in [-0.1, -0.05) is 361 Å². The van der Waals surface area contributed by atoms with E-state index in [-0.39, 0.29) is 38.6 Å². The Labute approximate surface area is 544 Å². The minimum atomic E-state index is -4.41. The Morgan fingerprint density at radius 1 is 0.352 bits per heavy atom. The summed E-state index contributed by atoms with van der Waals surface area (Å²) >= 11 is 0. The van der Waals surface area contributed by atoms with Gasteiger partial charge in [0.05, 0.1) is 13.2 Å². The lowest BCUT2D eigenvalue weighted by Gasteiger charge is -2.19. The van der Waals surface area contributed by atoms with Crippen molar-refractivity contribution in [3.8, 4) is 0 Å². The highest BCUT2D eigenvalue weighted by atomic mass is 31.2. The molecule has 2 unspecified atom stereocenters. The first kappa shape index (κ1) is 84.9. The zero-order valence-electron chi connectivity index (χ0n) is 57.4. The molecule has 3 N–H and O–H groups in total. The van der Waals surface area contributed by atoms with Gasteiger partial charge in [-0.2, -0.15) is 0 Å². The number of esters is 2. The molecule has 0 aromatic rings. The van der Waals surface area contributed by atoms with Crippen LogP contribution in [-0.2, 0) is 32.7 Å². The monoisotopic (exact) mass is 1250 g/mol. The van der Waals surface area contributed by atoms with Gasteiger partial charge >= 0.3 is 19.8 Å². The summed E-state index contributed by atoms with van der Waals surface area (Å²) in [7, 11) is -4.41. The van der Waals surface area contributed by atoms with E-state index in [4.69, 9.17) is 24.3 Å². The lowest BCUT2D eigenvalue weighted by atomic mass is 10.0. The first-order valence-corrected chi connectivity index (χ1v) is 38.7.